The van der Waals surface area contributed by atoms with E-state index in [1.54, 1.807) is 23.4 Å². The van der Waals surface area contributed by atoms with Crippen LogP contribution in [0.5, 0.6) is 0 Å². The number of rotatable bonds is 5. The summed E-state index contributed by atoms with van der Waals surface area (Å²) in [5.74, 6) is -0.746. The van der Waals surface area contributed by atoms with E-state index in [4.69, 9.17) is 16.3 Å². The van der Waals surface area contributed by atoms with Crippen molar-refractivity contribution in [3.8, 4) is 10.7 Å². The predicted molar refractivity (Wildman–Crippen MR) is 120 cm³/mol. The number of sulfonamides is 1. The molecule has 170 valence electrons. The van der Waals surface area contributed by atoms with Crippen molar-refractivity contribution in [2.75, 3.05) is 31.0 Å². The third-order valence-corrected chi connectivity index (χ3v) is 7.78. The molecule has 32 heavy (non-hydrogen) atoms. The molecule has 1 amide bonds. The number of nitrogens with one attached hydrogen (secondary N) is 1. The second-order valence-corrected chi connectivity index (χ2v) is 10.3. The Kier molecular flexibility index (Phi) is 6.26. The molecule has 1 saturated heterocycles. The van der Waals surface area contributed by atoms with E-state index in [9.17, 15) is 17.6 Å². The zero-order chi connectivity index (χ0) is 23.0. The van der Waals surface area contributed by atoms with Crippen LogP contribution in [0.3, 0.4) is 0 Å². The SMILES string of the molecule is Cc1nc(-c2cc(S(=O)(=O)Nc3ccc(F)c(Cl)c3)cn2C)sc1C(=O)N1CCOCC1. The Bertz CT molecular complexity index is 1280. The average molecular weight is 499 g/mol. The molecule has 4 rings (SSSR count). The lowest BCUT2D eigenvalue weighted by atomic mass is 10.3. The monoisotopic (exact) mass is 498 g/mol. The van der Waals surface area contributed by atoms with Crippen LogP contribution in [0, 0.1) is 12.7 Å². The van der Waals surface area contributed by atoms with Crippen LogP contribution in [-0.4, -0.2) is 55.1 Å². The summed E-state index contributed by atoms with van der Waals surface area (Å²) >= 11 is 6.96. The fraction of sp³-hybridized carbons (Fsp3) is 0.300. The Morgan fingerprint density at radius 1 is 1.28 bits per heavy atom. The molecule has 1 aromatic carbocycles. The van der Waals surface area contributed by atoms with Crippen LogP contribution in [0.2, 0.25) is 5.02 Å². The van der Waals surface area contributed by atoms with E-state index in [-0.39, 0.29) is 21.5 Å². The summed E-state index contributed by atoms with van der Waals surface area (Å²) in [4.78, 5) is 19.6. The number of hydrogen-bond acceptors (Lipinski definition) is 6. The topological polar surface area (TPSA) is 93.5 Å². The van der Waals surface area contributed by atoms with Crippen LogP contribution in [0.25, 0.3) is 10.7 Å². The second-order valence-electron chi connectivity index (χ2n) is 7.24. The van der Waals surface area contributed by atoms with Gasteiger partial charge < -0.3 is 14.2 Å². The highest BCUT2D eigenvalue weighted by Gasteiger charge is 2.25. The van der Waals surface area contributed by atoms with E-state index in [0.29, 0.717) is 47.6 Å². The molecule has 0 aliphatic carbocycles. The number of nitrogens with zero attached hydrogens (tertiary/aromatic N) is 3. The highest BCUT2D eigenvalue weighted by molar-refractivity contribution is 7.92. The van der Waals surface area contributed by atoms with Crippen LogP contribution in [0.1, 0.15) is 15.4 Å². The molecule has 3 aromatic rings. The fourth-order valence-corrected chi connectivity index (χ4v) is 5.67. The molecule has 1 aliphatic heterocycles. The molecule has 0 unspecified atom stereocenters. The van der Waals surface area contributed by atoms with Crippen molar-refractivity contribution in [2.45, 2.75) is 11.8 Å². The van der Waals surface area contributed by atoms with E-state index in [1.807, 2.05) is 0 Å². The van der Waals surface area contributed by atoms with Crippen molar-refractivity contribution in [3.05, 3.63) is 51.9 Å². The maximum Gasteiger partial charge on any atom is 0.266 e. The Morgan fingerprint density at radius 2 is 2.00 bits per heavy atom. The largest absolute Gasteiger partial charge is 0.378 e. The van der Waals surface area contributed by atoms with Gasteiger partial charge in [-0.1, -0.05) is 11.6 Å². The number of carbonyl (C=O) groups excluding carboxylic acids is 1. The molecular formula is C20H20ClFN4O4S2. The van der Waals surface area contributed by atoms with Gasteiger partial charge in [0, 0.05) is 26.3 Å². The van der Waals surface area contributed by atoms with Crippen molar-refractivity contribution in [1.82, 2.24) is 14.5 Å². The van der Waals surface area contributed by atoms with Crippen molar-refractivity contribution in [1.29, 1.82) is 0 Å². The van der Waals surface area contributed by atoms with E-state index < -0.39 is 15.8 Å². The number of anilines is 1. The van der Waals surface area contributed by atoms with Gasteiger partial charge in [-0.25, -0.2) is 17.8 Å². The molecule has 2 aromatic heterocycles. The molecule has 1 fully saturated rings. The highest BCUT2D eigenvalue weighted by atomic mass is 35.5. The number of benzene rings is 1. The summed E-state index contributed by atoms with van der Waals surface area (Å²) in [6.45, 7) is 3.81. The molecule has 0 atom stereocenters. The van der Waals surface area contributed by atoms with E-state index in [1.165, 1.54) is 35.7 Å². The average Bonchev–Trinajstić information content (AvgIpc) is 3.33. The van der Waals surface area contributed by atoms with Crippen LogP contribution < -0.4 is 4.72 Å². The molecular weight excluding hydrogens is 479 g/mol. The number of aryl methyl sites for hydroxylation is 2. The number of amides is 1. The lowest BCUT2D eigenvalue weighted by molar-refractivity contribution is 0.0305. The van der Waals surface area contributed by atoms with Gasteiger partial charge in [-0.2, -0.15) is 0 Å². The van der Waals surface area contributed by atoms with Gasteiger partial charge >= 0.3 is 0 Å². The van der Waals surface area contributed by atoms with E-state index in [2.05, 4.69) is 9.71 Å². The number of halogens is 2. The third-order valence-electron chi connectivity index (χ3n) is 4.97. The van der Waals surface area contributed by atoms with Crippen molar-refractivity contribution in [2.24, 2.45) is 7.05 Å². The Morgan fingerprint density at radius 3 is 2.69 bits per heavy atom. The number of ether oxygens (including phenoxy) is 1. The Labute approximate surface area is 193 Å². The van der Waals surface area contributed by atoms with Gasteiger partial charge in [0.05, 0.1) is 35.3 Å². The number of carbonyl (C=O) groups is 1. The molecule has 12 heteroatoms. The minimum atomic E-state index is -3.95. The predicted octanol–water partition coefficient (Wildman–Crippen LogP) is 3.52. The number of morpholine rings is 1. The molecule has 0 saturated carbocycles. The maximum atomic E-state index is 13.4. The van der Waals surface area contributed by atoms with Gasteiger partial charge in [-0.05, 0) is 31.2 Å². The quantitative estimate of drug-likeness (QED) is 0.581. The van der Waals surface area contributed by atoms with Gasteiger partial charge in [-0.3, -0.25) is 9.52 Å². The molecule has 1 N–H and O–H groups in total. The molecule has 0 spiro atoms. The van der Waals surface area contributed by atoms with Crippen LogP contribution >= 0.6 is 22.9 Å². The van der Waals surface area contributed by atoms with Gasteiger partial charge in [0.2, 0.25) is 0 Å². The standard InChI is InChI=1S/C20H20ClFN4O4S2/c1-12-18(20(27)26-5-7-30-8-6-26)31-19(23-12)17-10-14(11-25(17)2)32(28,29)24-13-3-4-16(22)15(21)9-13/h3-4,9-11,24H,5-8H2,1-2H3. The van der Waals surface area contributed by atoms with Gasteiger partial charge in [0.15, 0.2) is 0 Å². The van der Waals surface area contributed by atoms with Gasteiger partial charge in [0.1, 0.15) is 20.6 Å². The van der Waals surface area contributed by atoms with Crippen molar-refractivity contribution >= 4 is 44.6 Å². The maximum absolute atomic E-state index is 13.4. The summed E-state index contributed by atoms with van der Waals surface area (Å²) in [5.41, 5.74) is 1.29. The lowest BCUT2D eigenvalue weighted by Crippen LogP contribution is -2.40. The molecule has 0 radical (unpaired) electrons. The second kappa shape index (κ2) is 8.81. The molecule has 1 aliphatic rings. The smallest absolute Gasteiger partial charge is 0.266 e. The highest BCUT2D eigenvalue weighted by Crippen LogP contribution is 2.32. The molecule has 8 nitrogen and oxygen atoms in total. The summed E-state index contributed by atoms with van der Waals surface area (Å²) in [6, 6.07) is 5.05. The van der Waals surface area contributed by atoms with Crippen LogP contribution in [0.4, 0.5) is 10.1 Å². The third kappa shape index (κ3) is 4.51. The minimum absolute atomic E-state index is 0.00403. The fourth-order valence-electron chi connectivity index (χ4n) is 3.28. The Balaban J connectivity index is 1.60. The number of aromatic nitrogens is 2. The summed E-state index contributed by atoms with van der Waals surface area (Å²) in [5, 5.41) is 0.350. The number of thiazole rings is 1. The van der Waals surface area contributed by atoms with Crippen molar-refractivity contribution in [3.63, 3.8) is 0 Å². The zero-order valence-corrected chi connectivity index (χ0v) is 19.7. The molecule has 3 heterocycles. The van der Waals surface area contributed by atoms with E-state index >= 15 is 0 Å². The molecule has 0 bridgehead atoms. The van der Waals surface area contributed by atoms with Gasteiger partial charge in [-0.15, -0.1) is 11.3 Å². The van der Waals surface area contributed by atoms with Crippen LogP contribution in [-0.2, 0) is 21.8 Å². The summed E-state index contributed by atoms with van der Waals surface area (Å²) < 4.78 is 48.3. The lowest BCUT2D eigenvalue weighted by Gasteiger charge is -2.26. The van der Waals surface area contributed by atoms with Crippen LogP contribution in [0.15, 0.2) is 35.4 Å². The Hall–Kier alpha value is -2.47. The first-order valence-corrected chi connectivity index (χ1v) is 12.3. The first-order chi connectivity index (χ1) is 15.2. The van der Waals surface area contributed by atoms with Crippen molar-refractivity contribution < 1.29 is 22.3 Å². The summed E-state index contributed by atoms with van der Waals surface area (Å²) in [7, 11) is -2.26. The first-order valence-electron chi connectivity index (χ1n) is 9.65. The zero-order valence-electron chi connectivity index (χ0n) is 17.3. The normalized spacial score (nSPS) is 14.6. The first kappa shape index (κ1) is 22.7. The number of hydrogen-bond donors (Lipinski definition) is 1. The van der Waals surface area contributed by atoms with Gasteiger partial charge in [0.25, 0.3) is 15.9 Å². The minimum Gasteiger partial charge on any atom is -0.378 e. The van der Waals surface area contributed by atoms with E-state index in [0.717, 1.165) is 6.07 Å². The summed E-state index contributed by atoms with van der Waals surface area (Å²) in [6.07, 6.45) is 1.45.